The van der Waals surface area contributed by atoms with Gasteiger partial charge in [-0.15, -0.1) is 0 Å². The zero-order chi connectivity index (χ0) is 15.6. The normalized spacial score (nSPS) is 18.1. The molecule has 0 aromatic rings. The molecule has 1 aliphatic heterocycles. The van der Waals surface area contributed by atoms with Gasteiger partial charge in [0.2, 0.25) is 5.91 Å². The molecule has 1 saturated heterocycles. The van der Waals surface area contributed by atoms with Crippen molar-refractivity contribution in [1.82, 2.24) is 15.5 Å². The summed E-state index contributed by atoms with van der Waals surface area (Å²) in [6.45, 7) is 7.15. The monoisotopic (exact) mass is 285 g/mol. The van der Waals surface area contributed by atoms with E-state index in [0.29, 0.717) is 13.0 Å². The number of carbonyl (C=O) groups is 3. The van der Waals surface area contributed by atoms with Crippen LogP contribution in [0.2, 0.25) is 0 Å². The first-order chi connectivity index (χ1) is 9.09. The van der Waals surface area contributed by atoms with E-state index < -0.39 is 23.4 Å². The Balaban J connectivity index is 2.52. The van der Waals surface area contributed by atoms with Crippen LogP contribution >= 0.6 is 0 Å². The molecule has 0 atom stereocenters. The van der Waals surface area contributed by atoms with Crippen LogP contribution < -0.4 is 10.6 Å². The Morgan fingerprint density at radius 1 is 1.40 bits per heavy atom. The molecule has 1 rings (SSSR count). The molecular weight excluding hydrogens is 262 g/mol. The third kappa shape index (κ3) is 3.93. The Morgan fingerprint density at radius 2 is 2.00 bits per heavy atom. The van der Waals surface area contributed by atoms with E-state index in [4.69, 9.17) is 5.11 Å². The Hall–Kier alpha value is -1.63. The lowest BCUT2D eigenvalue weighted by Crippen LogP contribution is -2.44. The lowest BCUT2D eigenvalue weighted by Gasteiger charge is -2.24. The number of nitrogens with one attached hydrogen (secondary N) is 2. The minimum Gasteiger partial charge on any atom is -0.396 e. The largest absolute Gasteiger partial charge is 0.396 e. The lowest BCUT2D eigenvalue weighted by atomic mass is 9.90. The van der Waals surface area contributed by atoms with Gasteiger partial charge < -0.3 is 15.7 Å². The second kappa shape index (κ2) is 5.78. The second-order valence-electron chi connectivity index (χ2n) is 6.36. The van der Waals surface area contributed by atoms with Crippen LogP contribution in [0.4, 0.5) is 4.79 Å². The highest BCUT2D eigenvalue weighted by Gasteiger charge is 2.44. The van der Waals surface area contributed by atoms with Gasteiger partial charge in [0, 0.05) is 13.2 Å². The van der Waals surface area contributed by atoms with Crippen molar-refractivity contribution >= 4 is 17.8 Å². The van der Waals surface area contributed by atoms with Gasteiger partial charge in [0.1, 0.15) is 12.1 Å². The van der Waals surface area contributed by atoms with Gasteiger partial charge in [-0.05, 0) is 25.7 Å². The number of rotatable bonds is 6. The van der Waals surface area contributed by atoms with Crippen LogP contribution in [0.15, 0.2) is 0 Å². The molecule has 0 aromatic heterocycles. The molecular formula is C13H23N3O4. The van der Waals surface area contributed by atoms with Crippen molar-refractivity contribution in [2.45, 2.75) is 39.7 Å². The van der Waals surface area contributed by atoms with Crippen LogP contribution in [0, 0.1) is 5.41 Å². The maximum atomic E-state index is 11.9. The number of urea groups is 1. The van der Waals surface area contributed by atoms with Crippen molar-refractivity contribution in [1.29, 1.82) is 0 Å². The summed E-state index contributed by atoms with van der Waals surface area (Å²) in [5.41, 5.74) is -1.20. The molecule has 0 bridgehead atoms. The highest BCUT2D eigenvalue weighted by molar-refractivity contribution is 6.08. The van der Waals surface area contributed by atoms with Gasteiger partial charge >= 0.3 is 6.03 Å². The van der Waals surface area contributed by atoms with Crippen LogP contribution in [0.5, 0.6) is 0 Å². The van der Waals surface area contributed by atoms with Crippen LogP contribution in [0.1, 0.15) is 34.1 Å². The molecule has 0 saturated carbocycles. The number of imide groups is 1. The van der Waals surface area contributed by atoms with Gasteiger partial charge in [-0.3, -0.25) is 14.5 Å². The number of carbonyl (C=O) groups excluding carboxylic acids is 3. The molecule has 0 aromatic carbocycles. The van der Waals surface area contributed by atoms with Crippen molar-refractivity contribution in [2.24, 2.45) is 5.41 Å². The Kier molecular flexibility index (Phi) is 4.75. The van der Waals surface area contributed by atoms with Crippen molar-refractivity contribution in [3.05, 3.63) is 0 Å². The first-order valence-corrected chi connectivity index (χ1v) is 6.61. The van der Waals surface area contributed by atoms with E-state index >= 15 is 0 Å². The molecule has 3 N–H and O–H groups in total. The lowest BCUT2D eigenvalue weighted by molar-refractivity contribution is -0.134. The highest BCUT2D eigenvalue weighted by Crippen LogP contribution is 2.18. The van der Waals surface area contributed by atoms with Crippen LogP contribution in [-0.2, 0) is 9.59 Å². The number of nitrogens with zero attached hydrogens (tertiary/aromatic N) is 1. The molecule has 0 spiro atoms. The van der Waals surface area contributed by atoms with Crippen LogP contribution in [-0.4, -0.2) is 53.1 Å². The molecule has 1 fully saturated rings. The van der Waals surface area contributed by atoms with Gasteiger partial charge in [0.05, 0.1) is 0 Å². The molecule has 20 heavy (non-hydrogen) atoms. The second-order valence-corrected chi connectivity index (χ2v) is 6.36. The SMILES string of the molecule is CC(C)(CCO)CNC(=O)CN1C(=O)NC(C)(C)C1=O. The van der Waals surface area contributed by atoms with Crippen molar-refractivity contribution in [2.75, 3.05) is 19.7 Å². The van der Waals surface area contributed by atoms with E-state index in [1.165, 1.54) is 0 Å². The standard InChI is InChI=1S/C13H23N3O4/c1-12(2,5-6-17)8-14-9(18)7-16-10(19)13(3,4)15-11(16)20/h17H,5-8H2,1-4H3,(H,14,18)(H,15,20). The number of aliphatic hydroxyl groups is 1. The fourth-order valence-electron chi connectivity index (χ4n) is 1.89. The van der Waals surface area contributed by atoms with Crippen LogP contribution in [0.25, 0.3) is 0 Å². The zero-order valence-electron chi connectivity index (χ0n) is 12.4. The first kappa shape index (κ1) is 16.4. The number of hydrogen-bond donors (Lipinski definition) is 3. The van der Waals surface area contributed by atoms with E-state index in [-0.39, 0.29) is 18.6 Å². The van der Waals surface area contributed by atoms with E-state index in [1.54, 1.807) is 13.8 Å². The van der Waals surface area contributed by atoms with E-state index in [1.807, 2.05) is 13.8 Å². The third-order valence-electron chi connectivity index (χ3n) is 3.30. The van der Waals surface area contributed by atoms with E-state index in [0.717, 1.165) is 4.90 Å². The maximum Gasteiger partial charge on any atom is 0.325 e. The average Bonchev–Trinajstić information content (AvgIpc) is 2.49. The van der Waals surface area contributed by atoms with Gasteiger partial charge in [0.25, 0.3) is 5.91 Å². The summed E-state index contributed by atoms with van der Waals surface area (Å²) in [4.78, 5) is 36.2. The summed E-state index contributed by atoms with van der Waals surface area (Å²) in [6, 6.07) is -0.551. The topological polar surface area (TPSA) is 98.7 Å². The van der Waals surface area contributed by atoms with Gasteiger partial charge in [-0.1, -0.05) is 13.8 Å². The fraction of sp³-hybridized carbons (Fsp3) is 0.769. The quantitative estimate of drug-likeness (QED) is 0.591. The number of amides is 4. The summed E-state index contributed by atoms with van der Waals surface area (Å²) in [5, 5.41) is 14.1. The van der Waals surface area contributed by atoms with E-state index in [9.17, 15) is 14.4 Å². The van der Waals surface area contributed by atoms with E-state index in [2.05, 4.69) is 10.6 Å². The predicted molar refractivity (Wildman–Crippen MR) is 72.8 cm³/mol. The maximum absolute atomic E-state index is 11.9. The zero-order valence-corrected chi connectivity index (χ0v) is 12.4. The third-order valence-corrected chi connectivity index (χ3v) is 3.30. The van der Waals surface area contributed by atoms with Crippen molar-refractivity contribution in [3.63, 3.8) is 0 Å². The summed E-state index contributed by atoms with van der Waals surface area (Å²) in [7, 11) is 0. The molecule has 0 unspecified atom stereocenters. The van der Waals surface area contributed by atoms with Crippen molar-refractivity contribution in [3.8, 4) is 0 Å². The molecule has 1 heterocycles. The average molecular weight is 285 g/mol. The number of hydrogen-bond acceptors (Lipinski definition) is 4. The molecule has 114 valence electrons. The van der Waals surface area contributed by atoms with Crippen LogP contribution in [0.3, 0.4) is 0 Å². The van der Waals surface area contributed by atoms with Gasteiger partial charge in [-0.25, -0.2) is 4.79 Å². The highest BCUT2D eigenvalue weighted by atomic mass is 16.3. The predicted octanol–water partition coefficient (Wildman–Crippen LogP) is -0.158. The fourth-order valence-corrected chi connectivity index (χ4v) is 1.89. The summed E-state index contributed by atoms with van der Waals surface area (Å²) >= 11 is 0. The molecule has 1 aliphatic rings. The molecule has 0 aliphatic carbocycles. The van der Waals surface area contributed by atoms with Gasteiger partial charge in [0.15, 0.2) is 0 Å². The van der Waals surface area contributed by atoms with Crippen molar-refractivity contribution < 1.29 is 19.5 Å². The minimum absolute atomic E-state index is 0.0457. The Morgan fingerprint density at radius 3 is 2.45 bits per heavy atom. The summed E-state index contributed by atoms with van der Waals surface area (Å²) in [5.74, 6) is -0.801. The molecule has 7 heteroatoms. The smallest absolute Gasteiger partial charge is 0.325 e. The molecule has 0 radical (unpaired) electrons. The molecule has 7 nitrogen and oxygen atoms in total. The Labute approximate surface area is 118 Å². The number of aliphatic hydroxyl groups excluding tert-OH is 1. The summed E-state index contributed by atoms with van der Waals surface area (Å²) < 4.78 is 0. The summed E-state index contributed by atoms with van der Waals surface area (Å²) in [6.07, 6.45) is 0.559. The van der Waals surface area contributed by atoms with Gasteiger partial charge in [-0.2, -0.15) is 0 Å². The first-order valence-electron chi connectivity index (χ1n) is 6.61. The minimum atomic E-state index is -0.965. The molecule has 4 amide bonds. The Bertz CT molecular complexity index is 418.